The smallest absolute Gasteiger partial charge is 0.337 e. The van der Waals surface area contributed by atoms with Crippen molar-refractivity contribution in [3.05, 3.63) is 52.0 Å². The van der Waals surface area contributed by atoms with E-state index in [1.807, 2.05) is 19.1 Å². The van der Waals surface area contributed by atoms with Crippen LogP contribution in [-0.2, 0) is 0 Å². The Kier molecular flexibility index (Phi) is 4.29. The van der Waals surface area contributed by atoms with Gasteiger partial charge in [-0.2, -0.15) is 0 Å². The van der Waals surface area contributed by atoms with Crippen LogP contribution in [0, 0.1) is 6.92 Å². The summed E-state index contributed by atoms with van der Waals surface area (Å²) >= 11 is 3.43. The number of halogens is 1. The van der Waals surface area contributed by atoms with Gasteiger partial charge < -0.3 is 15.2 Å². The molecule has 2 N–H and O–H groups in total. The van der Waals surface area contributed by atoms with Crippen molar-refractivity contribution in [2.45, 2.75) is 6.92 Å². The molecule has 0 bridgehead atoms. The van der Waals surface area contributed by atoms with Crippen LogP contribution in [0.5, 0.6) is 5.75 Å². The molecule has 104 valence electrons. The fourth-order valence-corrected chi connectivity index (χ4v) is 2.17. The summed E-state index contributed by atoms with van der Waals surface area (Å²) in [6.45, 7) is 1.91. The molecule has 5 heteroatoms. The summed E-state index contributed by atoms with van der Waals surface area (Å²) in [5.41, 5.74) is 2.51. The summed E-state index contributed by atoms with van der Waals surface area (Å²) in [5, 5.41) is 12.4. The summed E-state index contributed by atoms with van der Waals surface area (Å²) < 4.78 is 6.00. The maximum atomic E-state index is 11.3. The van der Waals surface area contributed by atoms with Crippen LogP contribution in [0.4, 0.5) is 11.4 Å². The highest BCUT2D eigenvalue weighted by Crippen LogP contribution is 2.31. The quantitative estimate of drug-likeness (QED) is 0.878. The Morgan fingerprint density at radius 1 is 1.20 bits per heavy atom. The van der Waals surface area contributed by atoms with Crippen LogP contribution < -0.4 is 10.1 Å². The molecule has 0 unspecified atom stereocenters. The monoisotopic (exact) mass is 335 g/mol. The van der Waals surface area contributed by atoms with Crippen LogP contribution in [0.2, 0.25) is 0 Å². The van der Waals surface area contributed by atoms with Gasteiger partial charge in [-0.15, -0.1) is 0 Å². The molecule has 4 nitrogen and oxygen atoms in total. The maximum absolute atomic E-state index is 11.3. The topological polar surface area (TPSA) is 58.6 Å². The fraction of sp³-hybridized carbons (Fsp3) is 0.133. The minimum absolute atomic E-state index is 0.227. The van der Waals surface area contributed by atoms with Crippen LogP contribution >= 0.6 is 15.9 Å². The second-order valence-electron chi connectivity index (χ2n) is 4.32. The van der Waals surface area contributed by atoms with Crippen molar-refractivity contribution in [3.8, 4) is 5.75 Å². The first kappa shape index (κ1) is 14.4. The first-order valence-corrected chi connectivity index (χ1v) is 6.75. The molecule has 20 heavy (non-hydrogen) atoms. The number of carboxylic acid groups (broad SMARTS) is 1. The number of carboxylic acids is 1. The molecule has 0 saturated carbocycles. The average Bonchev–Trinajstić information content (AvgIpc) is 2.41. The van der Waals surface area contributed by atoms with Crippen molar-refractivity contribution in [1.82, 2.24) is 0 Å². The van der Waals surface area contributed by atoms with Crippen molar-refractivity contribution in [1.29, 1.82) is 0 Å². The molecule has 0 amide bonds. The number of rotatable bonds is 4. The number of anilines is 2. The summed E-state index contributed by atoms with van der Waals surface area (Å²) in [5.74, 6) is -0.272. The van der Waals surface area contributed by atoms with Gasteiger partial charge in [0.15, 0.2) is 0 Å². The Morgan fingerprint density at radius 3 is 2.60 bits per heavy atom. The van der Waals surface area contributed by atoms with Crippen molar-refractivity contribution in [3.63, 3.8) is 0 Å². The Balaban J connectivity index is 2.43. The molecule has 2 aromatic rings. The van der Waals surface area contributed by atoms with Gasteiger partial charge in [-0.05, 0) is 52.7 Å². The second-order valence-corrected chi connectivity index (χ2v) is 5.18. The third-order valence-electron chi connectivity index (χ3n) is 2.85. The summed E-state index contributed by atoms with van der Waals surface area (Å²) in [7, 11) is 1.59. The molecule has 0 aromatic heterocycles. The molecule has 2 rings (SSSR count). The number of carbonyl (C=O) groups is 1. The third kappa shape index (κ3) is 3.11. The second kappa shape index (κ2) is 5.96. The largest absolute Gasteiger partial charge is 0.497 e. The lowest BCUT2D eigenvalue weighted by atomic mass is 10.1. The van der Waals surface area contributed by atoms with Gasteiger partial charge in [0.2, 0.25) is 0 Å². The zero-order valence-corrected chi connectivity index (χ0v) is 12.7. The SMILES string of the molecule is COc1ccc(Br)c(Nc2cc(C)ccc2C(=O)O)c1. The predicted octanol–water partition coefficient (Wildman–Crippen LogP) is 4.21. The molecule has 0 atom stereocenters. The molecule has 0 aliphatic rings. The van der Waals surface area contributed by atoms with Crippen LogP contribution in [0.3, 0.4) is 0 Å². The lowest BCUT2D eigenvalue weighted by molar-refractivity contribution is 0.0698. The highest BCUT2D eigenvalue weighted by molar-refractivity contribution is 9.10. The van der Waals surface area contributed by atoms with Crippen molar-refractivity contribution in [2.24, 2.45) is 0 Å². The zero-order chi connectivity index (χ0) is 14.7. The van der Waals surface area contributed by atoms with Gasteiger partial charge in [0.05, 0.1) is 24.0 Å². The van der Waals surface area contributed by atoms with Crippen molar-refractivity contribution >= 4 is 33.3 Å². The van der Waals surface area contributed by atoms with Gasteiger partial charge in [-0.25, -0.2) is 4.79 Å². The van der Waals surface area contributed by atoms with E-state index in [1.54, 1.807) is 31.4 Å². The normalized spacial score (nSPS) is 10.2. The zero-order valence-electron chi connectivity index (χ0n) is 11.1. The van der Waals surface area contributed by atoms with Crippen LogP contribution in [-0.4, -0.2) is 18.2 Å². The highest BCUT2D eigenvalue weighted by Gasteiger charge is 2.11. The van der Waals surface area contributed by atoms with Gasteiger partial charge in [0, 0.05) is 10.5 Å². The third-order valence-corrected chi connectivity index (χ3v) is 3.54. The van der Waals surface area contributed by atoms with E-state index in [0.717, 1.165) is 15.7 Å². The van der Waals surface area contributed by atoms with Crippen LogP contribution in [0.15, 0.2) is 40.9 Å². The minimum atomic E-state index is -0.966. The van der Waals surface area contributed by atoms with E-state index < -0.39 is 5.97 Å². The first-order valence-electron chi connectivity index (χ1n) is 5.96. The molecule has 2 aromatic carbocycles. The number of methoxy groups -OCH3 is 1. The van der Waals surface area contributed by atoms with Gasteiger partial charge in [0.1, 0.15) is 5.75 Å². The predicted molar refractivity (Wildman–Crippen MR) is 82.1 cm³/mol. The number of hydrogen-bond acceptors (Lipinski definition) is 3. The van der Waals surface area contributed by atoms with E-state index in [2.05, 4.69) is 21.2 Å². The first-order chi connectivity index (χ1) is 9.51. The summed E-state index contributed by atoms with van der Waals surface area (Å²) in [6, 6.07) is 10.6. The molecular weight excluding hydrogens is 322 g/mol. The van der Waals surface area contributed by atoms with Crippen LogP contribution in [0.25, 0.3) is 0 Å². The molecule has 0 aliphatic carbocycles. The van der Waals surface area contributed by atoms with E-state index in [-0.39, 0.29) is 5.56 Å². The lowest BCUT2D eigenvalue weighted by Crippen LogP contribution is -2.03. The van der Waals surface area contributed by atoms with Gasteiger partial charge in [-0.3, -0.25) is 0 Å². The van der Waals surface area contributed by atoms with Crippen molar-refractivity contribution < 1.29 is 14.6 Å². The fourth-order valence-electron chi connectivity index (χ4n) is 1.82. The highest BCUT2D eigenvalue weighted by atomic mass is 79.9. The van der Waals surface area contributed by atoms with E-state index >= 15 is 0 Å². The number of benzene rings is 2. The Morgan fingerprint density at radius 2 is 1.95 bits per heavy atom. The van der Waals surface area contributed by atoms with Gasteiger partial charge >= 0.3 is 5.97 Å². The van der Waals surface area contributed by atoms with Crippen LogP contribution in [0.1, 0.15) is 15.9 Å². The van der Waals surface area contributed by atoms with Gasteiger partial charge in [-0.1, -0.05) is 6.07 Å². The molecule has 0 heterocycles. The number of aryl methyl sites for hydroxylation is 1. The van der Waals surface area contributed by atoms with E-state index in [1.165, 1.54) is 0 Å². The maximum Gasteiger partial charge on any atom is 0.337 e. The Labute approximate surface area is 125 Å². The van der Waals surface area contributed by atoms with E-state index in [4.69, 9.17) is 4.74 Å². The molecule has 0 spiro atoms. The Hall–Kier alpha value is -2.01. The number of nitrogens with one attached hydrogen (secondary N) is 1. The molecule has 0 aliphatic heterocycles. The number of hydrogen-bond donors (Lipinski definition) is 2. The number of ether oxygens (including phenoxy) is 1. The van der Waals surface area contributed by atoms with E-state index in [9.17, 15) is 9.90 Å². The average molecular weight is 336 g/mol. The molecule has 0 fully saturated rings. The molecular formula is C15H14BrNO3. The summed E-state index contributed by atoms with van der Waals surface area (Å²) in [6.07, 6.45) is 0. The molecule has 0 radical (unpaired) electrons. The summed E-state index contributed by atoms with van der Waals surface area (Å²) in [4.78, 5) is 11.3. The minimum Gasteiger partial charge on any atom is -0.497 e. The standard InChI is InChI=1S/C15H14BrNO3/c1-9-3-5-11(15(18)19)13(7-9)17-14-8-10(20-2)4-6-12(14)16/h3-8,17H,1-2H3,(H,18,19). The van der Waals surface area contributed by atoms with E-state index in [0.29, 0.717) is 11.4 Å². The molecule has 0 saturated heterocycles. The number of aromatic carboxylic acids is 1. The lowest BCUT2D eigenvalue weighted by Gasteiger charge is -2.13. The Bertz CT molecular complexity index is 656. The van der Waals surface area contributed by atoms with Gasteiger partial charge in [0.25, 0.3) is 0 Å². The van der Waals surface area contributed by atoms with Crippen molar-refractivity contribution in [2.75, 3.05) is 12.4 Å².